The maximum absolute atomic E-state index is 12.2. The van der Waals surface area contributed by atoms with E-state index in [1.807, 2.05) is 36.4 Å². The number of hydrogen-bond acceptors (Lipinski definition) is 1. The Morgan fingerprint density at radius 3 is 2.03 bits per heavy atom. The fourth-order valence-corrected chi connectivity index (χ4v) is 8.15. The lowest BCUT2D eigenvalue weighted by atomic mass is 9.59. The maximum Gasteiger partial charge on any atom is 0.110 e. The van der Waals surface area contributed by atoms with Gasteiger partial charge in [0, 0.05) is 19.5 Å². The van der Waals surface area contributed by atoms with Gasteiger partial charge < -0.3 is 5.11 Å². The molecule has 0 spiro atoms. The first-order valence-corrected chi connectivity index (χ1v) is 15.0. The monoisotopic (exact) mass is 640 g/mol. The molecular formula is C33H35Br2ClO. The molecule has 3 aromatic rings. The summed E-state index contributed by atoms with van der Waals surface area (Å²) in [4.78, 5) is 0. The molecule has 0 bridgehead atoms. The number of aliphatic hydroxyl groups is 1. The van der Waals surface area contributed by atoms with Gasteiger partial charge in [-0.15, -0.1) is 0 Å². The predicted octanol–water partition coefficient (Wildman–Crippen LogP) is 10.3. The Balaban J connectivity index is 1.69. The van der Waals surface area contributed by atoms with Crippen molar-refractivity contribution in [2.75, 3.05) is 0 Å². The molecule has 0 heterocycles. The van der Waals surface area contributed by atoms with Crippen LogP contribution in [-0.4, -0.2) is 5.11 Å². The quantitative estimate of drug-likeness (QED) is 0.301. The molecule has 37 heavy (non-hydrogen) atoms. The van der Waals surface area contributed by atoms with Gasteiger partial charge in [-0.25, -0.2) is 0 Å². The highest BCUT2D eigenvalue weighted by Crippen LogP contribution is 2.62. The zero-order valence-corrected chi connectivity index (χ0v) is 26.4. The summed E-state index contributed by atoms with van der Waals surface area (Å²) in [5, 5.41) is 12.8. The highest BCUT2D eigenvalue weighted by molar-refractivity contribution is 9.10. The highest BCUT2D eigenvalue weighted by Gasteiger charge is 2.57. The van der Waals surface area contributed by atoms with Crippen molar-refractivity contribution in [2.24, 2.45) is 5.41 Å². The second-order valence-electron chi connectivity index (χ2n) is 12.5. The lowest BCUT2D eigenvalue weighted by Gasteiger charge is -2.44. The van der Waals surface area contributed by atoms with Crippen molar-refractivity contribution in [1.82, 2.24) is 0 Å². The van der Waals surface area contributed by atoms with Crippen LogP contribution in [0.5, 0.6) is 0 Å². The second-order valence-corrected chi connectivity index (χ2v) is 14.6. The molecule has 0 fully saturated rings. The van der Waals surface area contributed by atoms with Gasteiger partial charge >= 0.3 is 0 Å². The summed E-state index contributed by atoms with van der Waals surface area (Å²) in [5.74, 6) is 0.107. The maximum atomic E-state index is 12.2. The Bertz CT molecular complexity index is 1420. The van der Waals surface area contributed by atoms with Crippen molar-refractivity contribution in [3.05, 3.63) is 109 Å². The van der Waals surface area contributed by atoms with E-state index in [1.54, 1.807) is 0 Å². The molecule has 5 rings (SSSR count). The number of benzene rings is 3. The first-order chi connectivity index (χ1) is 17.2. The molecule has 2 atom stereocenters. The van der Waals surface area contributed by atoms with Gasteiger partial charge in [-0.05, 0) is 87.1 Å². The molecule has 1 N–H and O–H groups in total. The molecule has 0 radical (unpaired) electrons. The summed E-state index contributed by atoms with van der Waals surface area (Å²) < 4.78 is 2.15. The van der Waals surface area contributed by atoms with Crippen molar-refractivity contribution in [3.63, 3.8) is 0 Å². The van der Waals surface area contributed by atoms with E-state index in [2.05, 4.69) is 104 Å². The lowest BCUT2D eigenvalue weighted by Crippen LogP contribution is -2.42. The Kier molecular flexibility index (Phi) is 6.67. The Labute approximate surface area is 243 Å². The van der Waals surface area contributed by atoms with Gasteiger partial charge in [0.1, 0.15) is 5.60 Å². The molecular weight excluding hydrogens is 608 g/mol. The smallest absolute Gasteiger partial charge is 0.110 e. The zero-order chi connectivity index (χ0) is 27.0. The lowest BCUT2D eigenvalue weighted by molar-refractivity contribution is 0.0672. The molecule has 0 saturated heterocycles. The SMILES string of the molecule is CC1(C)c2cc(Br)c(C3CC(c4ccccc4Br)=CC(O)(c4ccccc4Cl)C3)cc2C(C)(C)C1(C)C. The van der Waals surface area contributed by atoms with Crippen molar-refractivity contribution < 1.29 is 5.11 Å². The number of allylic oxidation sites excluding steroid dienone is 1. The van der Waals surface area contributed by atoms with Crippen molar-refractivity contribution in [3.8, 4) is 0 Å². The van der Waals surface area contributed by atoms with E-state index in [0.717, 1.165) is 32.1 Å². The van der Waals surface area contributed by atoms with Crippen molar-refractivity contribution >= 4 is 49.0 Å². The number of halogens is 3. The van der Waals surface area contributed by atoms with E-state index < -0.39 is 5.60 Å². The van der Waals surface area contributed by atoms with Crippen molar-refractivity contribution in [1.29, 1.82) is 0 Å². The van der Waals surface area contributed by atoms with Crippen LogP contribution in [0.15, 0.2) is 75.7 Å². The summed E-state index contributed by atoms with van der Waals surface area (Å²) in [6.45, 7) is 14.3. The standard InChI is InChI=1S/C33H35Br2ClO/c1-30(2)25-16-23(28(35)17-26(25)31(3,4)32(30,5)6)21-15-20(22-11-7-9-13-27(22)34)18-33(37,19-21)24-12-8-10-14-29(24)36/h7-14,16-18,21,37H,15,19H2,1-6H3. The van der Waals surface area contributed by atoms with Crippen molar-refractivity contribution in [2.45, 2.75) is 76.7 Å². The molecule has 0 saturated carbocycles. The van der Waals surface area contributed by atoms with Crippen LogP contribution in [0.3, 0.4) is 0 Å². The zero-order valence-electron chi connectivity index (χ0n) is 22.4. The molecule has 194 valence electrons. The topological polar surface area (TPSA) is 20.2 Å². The Morgan fingerprint density at radius 2 is 1.38 bits per heavy atom. The molecule has 0 amide bonds. The average Bonchev–Trinajstić information content (AvgIpc) is 2.92. The number of hydrogen-bond donors (Lipinski definition) is 1. The Morgan fingerprint density at radius 1 is 0.784 bits per heavy atom. The summed E-state index contributed by atoms with van der Waals surface area (Å²) in [6, 6.07) is 20.7. The first kappa shape index (κ1) is 27.2. The van der Waals surface area contributed by atoms with Crippen LogP contribution in [-0.2, 0) is 16.4 Å². The van der Waals surface area contributed by atoms with E-state index >= 15 is 0 Å². The third-order valence-corrected chi connectivity index (χ3v) is 11.8. The van der Waals surface area contributed by atoms with Gasteiger partial charge in [-0.3, -0.25) is 0 Å². The van der Waals surface area contributed by atoms with Gasteiger partial charge in [0.05, 0.1) is 0 Å². The minimum atomic E-state index is -1.18. The third-order valence-electron chi connectivity index (χ3n) is 10.0. The molecule has 4 heteroatoms. The minimum absolute atomic E-state index is 0.0100. The molecule has 1 nitrogen and oxygen atoms in total. The van der Waals surface area contributed by atoms with Gasteiger partial charge in [-0.2, -0.15) is 0 Å². The number of fused-ring (bicyclic) bond motifs is 1. The van der Waals surface area contributed by atoms with E-state index in [9.17, 15) is 5.11 Å². The van der Waals surface area contributed by atoms with Crippen LogP contribution < -0.4 is 0 Å². The molecule has 2 aliphatic carbocycles. The summed E-state index contributed by atoms with van der Waals surface area (Å²) in [7, 11) is 0. The second kappa shape index (κ2) is 9.08. The molecule has 2 aliphatic rings. The van der Waals surface area contributed by atoms with Crippen LogP contribution in [0.1, 0.15) is 88.1 Å². The van der Waals surface area contributed by atoms with Crippen LogP contribution in [0.25, 0.3) is 5.57 Å². The minimum Gasteiger partial charge on any atom is -0.381 e. The number of rotatable bonds is 3. The third kappa shape index (κ3) is 4.11. The average molecular weight is 643 g/mol. The highest BCUT2D eigenvalue weighted by atomic mass is 79.9. The van der Waals surface area contributed by atoms with Gasteiger partial charge in [-0.1, -0.05) is 127 Å². The van der Waals surface area contributed by atoms with Gasteiger partial charge in [0.15, 0.2) is 0 Å². The molecule has 2 unspecified atom stereocenters. The predicted molar refractivity (Wildman–Crippen MR) is 163 cm³/mol. The van der Waals surface area contributed by atoms with E-state index in [1.165, 1.54) is 16.7 Å². The van der Waals surface area contributed by atoms with E-state index in [0.29, 0.717) is 11.4 Å². The van der Waals surface area contributed by atoms with E-state index in [-0.39, 0.29) is 22.2 Å². The summed E-state index contributed by atoms with van der Waals surface area (Å²) in [6.07, 6.45) is 3.43. The largest absolute Gasteiger partial charge is 0.381 e. The fourth-order valence-electron chi connectivity index (χ4n) is 6.64. The molecule has 0 aromatic heterocycles. The van der Waals surface area contributed by atoms with Crippen LogP contribution in [0.4, 0.5) is 0 Å². The van der Waals surface area contributed by atoms with E-state index in [4.69, 9.17) is 11.6 Å². The van der Waals surface area contributed by atoms with Crippen LogP contribution >= 0.6 is 43.5 Å². The first-order valence-electron chi connectivity index (χ1n) is 13.0. The summed E-state index contributed by atoms with van der Waals surface area (Å²) >= 11 is 14.4. The van der Waals surface area contributed by atoms with Gasteiger partial charge in [0.25, 0.3) is 0 Å². The molecule has 3 aromatic carbocycles. The normalized spacial score (nSPS) is 25.5. The van der Waals surface area contributed by atoms with Gasteiger partial charge in [0.2, 0.25) is 0 Å². The summed E-state index contributed by atoms with van der Waals surface area (Å²) in [5.41, 5.74) is 6.03. The van der Waals surface area contributed by atoms with Crippen LogP contribution in [0, 0.1) is 5.41 Å². The Hall–Kier alpha value is -1.39. The fraction of sp³-hybridized carbons (Fsp3) is 0.394. The molecule has 0 aliphatic heterocycles. The van der Waals surface area contributed by atoms with Crippen LogP contribution in [0.2, 0.25) is 5.02 Å².